The highest BCUT2D eigenvalue weighted by Gasteiger charge is 2.55. The SMILES string of the molecule is CCCC1(C(=O)O)CCCN1C(=O)C1C2CCC(C2)C1N. The fraction of sp³-hybridized carbons (Fsp3) is 0.875. The standard InChI is InChI=1S/C16H26N2O3/c1-2-6-16(15(20)21)7-3-8-18(16)14(19)12-10-4-5-11(9-10)13(12)17/h10-13H,2-9,17H2,1H3,(H,20,21). The molecular formula is C16H26N2O3. The second-order valence-electron chi connectivity index (χ2n) is 7.12. The molecule has 3 aliphatic rings. The van der Waals surface area contributed by atoms with Crippen molar-refractivity contribution in [2.45, 2.75) is 63.5 Å². The number of hydrogen-bond donors (Lipinski definition) is 2. The first-order valence-corrected chi connectivity index (χ1v) is 8.31. The first-order chi connectivity index (χ1) is 10.0. The topological polar surface area (TPSA) is 83.6 Å². The summed E-state index contributed by atoms with van der Waals surface area (Å²) >= 11 is 0. The molecule has 5 atom stereocenters. The van der Waals surface area contributed by atoms with Crippen molar-refractivity contribution in [3.63, 3.8) is 0 Å². The first kappa shape index (κ1) is 14.8. The largest absolute Gasteiger partial charge is 0.479 e. The Morgan fingerprint density at radius 1 is 1.33 bits per heavy atom. The van der Waals surface area contributed by atoms with Crippen LogP contribution in [0.5, 0.6) is 0 Å². The number of carbonyl (C=O) groups excluding carboxylic acids is 1. The second kappa shape index (κ2) is 5.27. The zero-order valence-electron chi connectivity index (χ0n) is 12.8. The Hall–Kier alpha value is -1.10. The minimum atomic E-state index is -0.979. The van der Waals surface area contributed by atoms with Crippen molar-refractivity contribution in [3.8, 4) is 0 Å². The van der Waals surface area contributed by atoms with Crippen LogP contribution in [0.25, 0.3) is 0 Å². The van der Waals surface area contributed by atoms with E-state index in [0.29, 0.717) is 31.2 Å². The minimum Gasteiger partial charge on any atom is -0.479 e. The number of rotatable bonds is 4. The van der Waals surface area contributed by atoms with Gasteiger partial charge in [-0.2, -0.15) is 0 Å². The van der Waals surface area contributed by atoms with Crippen molar-refractivity contribution in [2.75, 3.05) is 6.54 Å². The molecule has 5 nitrogen and oxygen atoms in total. The Bertz CT molecular complexity index is 451. The molecule has 1 saturated heterocycles. The average molecular weight is 294 g/mol. The van der Waals surface area contributed by atoms with Crippen LogP contribution in [-0.4, -0.2) is 40.0 Å². The molecule has 1 aliphatic heterocycles. The number of carbonyl (C=O) groups is 2. The quantitative estimate of drug-likeness (QED) is 0.825. The first-order valence-electron chi connectivity index (χ1n) is 8.31. The van der Waals surface area contributed by atoms with Gasteiger partial charge in [-0.15, -0.1) is 0 Å². The molecular weight excluding hydrogens is 268 g/mol. The summed E-state index contributed by atoms with van der Waals surface area (Å²) in [4.78, 5) is 26.6. The molecule has 5 unspecified atom stereocenters. The molecule has 0 radical (unpaired) electrons. The third-order valence-electron chi connectivity index (χ3n) is 6.08. The normalized spacial score (nSPS) is 41.7. The van der Waals surface area contributed by atoms with E-state index in [4.69, 9.17) is 5.73 Å². The van der Waals surface area contributed by atoms with Crippen molar-refractivity contribution >= 4 is 11.9 Å². The molecule has 1 amide bonds. The van der Waals surface area contributed by atoms with Crippen molar-refractivity contribution in [1.29, 1.82) is 0 Å². The van der Waals surface area contributed by atoms with E-state index in [1.54, 1.807) is 4.90 Å². The van der Waals surface area contributed by atoms with Gasteiger partial charge in [-0.3, -0.25) is 4.79 Å². The monoisotopic (exact) mass is 294 g/mol. The van der Waals surface area contributed by atoms with Crippen molar-refractivity contribution in [3.05, 3.63) is 0 Å². The highest BCUT2D eigenvalue weighted by molar-refractivity contribution is 5.89. The predicted molar refractivity (Wildman–Crippen MR) is 78.5 cm³/mol. The third-order valence-corrected chi connectivity index (χ3v) is 6.08. The van der Waals surface area contributed by atoms with E-state index < -0.39 is 11.5 Å². The summed E-state index contributed by atoms with van der Waals surface area (Å²) in [6.45, 7) is 2.56. The molecule has 0 spiro atoms. The van der Waals surface area contributed by atoms with Crippen molar-refractivity contribution < 1.29 is 14.7 Å². The molecule has 2 aliphatic carbocycles. The number of likely N-dealkylation sites (tertiary alicyclic amines) is 1. The van der Waals surface area contributed by atoms with Gasteiger partial charge in [-0.25, -0.2) is 4.79 Å². The molecule has 0 aromatic carbocycles. The minimum absolute atomic E-state index is 0.0167. The molecule has 5 heteroatoms. The summed E-state index contributed by atoms with van der Waals surface area (Å²) in [5, 5.41) is 9.73. The van der Waals surface area contributed by atoms with E-state index >= 15 is 0 Å². The van der Waals surface area contributed by atoms with E-state index in [0.717, 1.165) is 32.1 Å². The smallest absolute Gasteiger partial charge is 0.329 e. The maximum atomic E-state index is 13.0. The number of nitrogens with two attached hydrogens (primary N) is 1. The number of nitrogens with zero attached hydrogens (tertiary/aromatic N) is 1. The maximum absolute atomic E-state index is 13.0. The van der Waals surface area contributed by atoms with Gasteiger partial charge in [0, 0.05) is 12.6 Å². The van der Waals surface area contributed by atoms with Crippen LogP contribution in [0, 0.1) is 17.8 Å². The van der Waals surface area contributed by atoms with Gasteiger partial charge in [0.1, 0.15) is 5.54 Å². The fourth-order valence-corrected chi connectivity index (χ4v) is 5.08. The number of carboxylic acids is 1. The number of carboxylic acid groups (broad SMARTS) is 1. The van der Waals surface area contributed by atoms with Gasteiger partial charge in [-0.1, -0.05) is 13.3 Å². The van der Waals surface area contributed by atoms with Crippen LogP contribution in [0.1, 0.15) is 51.9 Å². The Morgan fingerprint density at radius 3 is 2.62 bits per heavy atom. The number of fused-ring (bicyclic) bond motifs is 2. The number of amides is 1. The lowest BCUT2D eigenvalue weighted by molar-refractivity contribution is -0.159. The van der Waals surface area contributed by atoms with Crippen LogP contribution in [-0.2, 0) is 9.59 Å². The molecule has 3 fully saturated rings. The number of aliphatic carboxylic acids is 1. The molecule has 0 aromatic rings. The fourth-order valence-electron chi connectivity index (χ4n) is 5.08. The lowest BCUT2D eigenvalue weighted by atomic mass is 9.82. The van der Waals surface area contributed by atoms with Gasteiger partial charge >= 0.3 is 5.97 Å². The van der Waals surface area contributed by atoms with Gasteiger partial charge < -0.3 is 15.7 Å². The Labute approximate surface area is 125 Å². The summed E-state index contributed by atoms with van der Waals surface area (Å²) in [7, 11) is 0. The van der Waals surface area contributed by atoms with Crippen LogP contribution < -0.4 is 5.73 Å². The molecule has 3 N–H and O–H groups in total. The zero-order chi connectivity index (χ0) is 15.2. The van der Waals surface area contributed by atoms with Gasteiger partial charge in [-0.05, 0) is 50.4 Å². The van der Waals surface area contributed by atoms with Crippen LogP contribution in [0.3, 0.4) is 0 Å². The molecule has 1 heterocycles. The van der Waals surface area contributed by atoms with Crippen LogP contribution in [0.15, 0.2) is 0 Å². The molecule has 3 rings (SSSR count). The summed E-state index contributed by atoms with van der Waals surface area (Å²) in [5.74, 6) is -0.115. The van der Waals surface area contributed by atoms with Crippen LogP contribution in [0.2, 0.25) is 0 Å². The van der Waals surface area contributed by atoms with E-state index in [1.165, 1.54) is 0 Å². The van der Waals surface area contributed by atoms with E-state index in [2.05, 4.69) is 0 Å². The Kier molecular flexibility index (Phi) is 3.72. The maximum Gasteiger partial charge on any atom is 0.329 e. The highest BCUT2D eigenvalue weighted by atomic mass is 16.4. The van der Waals surface area contributed by atoms with Gasteiger partial charge in [0.2, 0.25) is 5.91 Å². The molecule has 0 aromatic heterocycles. The Morgan fingerprint density at radius 2 is 2.05 bits per heavy atom. The van der Waals surface area contributed by atoms with Crippen LogP contribution in [0.4, 0.5) is 0 Å². The summed E-state index contributed by atoms with van der Waals surface area (Å²) in [5.41, 5.74) is 5.30. The number of hydrogen-bond acceptors (Lipinski definition) is 3. The molecule has 118 valence electrons. The summed E-state index contributed by atoms with van der Waals surface area (Å²) < 4.78 is 0. The van der Waals surface area contributed by atoms with Gasteiger partial charge in [0.05, 0.1) is 5.92 Å². The van der Waals surface area contributed by atoms with Crippen molar-refractivity contribution in [2.24, 2.45) is 23.5 Å². The van der Waals surface area contributed by atoms with Gasteiger partial charge in [0.15, 0.2) is 0 Å². The van der Waals surface area contributed by atoms with E-state index in [1.807, 2.05) is 6.92 Å². The summed E-state index contributed by atoms with van der Waals surface area (Å²) in [6.07, 6.45) is 5.96. The second-order valence-corrected chi connectivity index (χ2v) is 7.12. The lowest BCUT2D eigenvalue weighted by Gasteiger charge is -2.39. The predicted octanol–water partition coefficient (Wildman–Crippen LogP) is 1.61. The lowest BCUT2D eigenvalue weighted by Crippen LogP contribution is -2.57. The zero-order valence-corrected chi connectivity index (χ0v) is 12.8. The highest BCUT2D eigenvalue weighted by Crippen LogP contribution is 2.49. The molecule has 21 heavy (non-hydrogen) atoms. The van der Waals surface area contributed by atoms with E-state index in [-0.39, 0.29) is 17.9 Å². The Balaban J connectivity index is 1.84. The van der Waals surface area contributed by atoms with Crippen molar-refractivity contribution in [1.82, 2.24) is 4.90 Å². The van der Waals surface area contributed by atoms with E-state index in [9.17, 15) is 14.7 Å². The van der Waals surface area contributed by atoms with Gasteiger partial charge in [0.25, 0.3) is 0 Å². The summed E-state index contributed by atoms with van der Waals surface area (Å²) in [6, 6.07) is -0.0648. The van der Waals surface area contributed by atoms with Crippen LogP contribution >= 0.6 is 0 Å². The molecule has 2 bridgehead atoms. The molecule has 2 saturated carbocycles. The third kappa shape index (κ3) is 2.08. The average Bonchev–Trinajstić information content (AvgIpc) is 3.12.